The van der Waals surface area contributed by atoms with Gasteiger partial charge in [0.25, 0.3) is 10.0 Å². The van der Waals surface area contributed by atoms with E-state index in [1.165, 1.54) is 19.2 Å². The number of sulfonamides is 1. The van der Waals surface area contributed by atoms with Crippen LogP contribution < -0.4 is 9.46 Å². The zero-order valence-corrected chi connectivity index (χ0v) is 18.4. The van der Waals surface area contributed by atoms with Crippen molar-refractivity contribution in [3.8, 4) is 16.9 Å². The molecule has 4 rings (SSSR count). The molecular formula is C21H18ClFN4O3S. The minimum atomic E-state index is -4.10. The highest BCUT2D eigenvalue weighted by molar-refractivity contribution is 7.92. The summed E-state index contributed by atoms with van der Waals surface area (Å²) in [5.74, 6) is -0.426. The average Bonchev–Trinajstić information content (AvgIpc) is 3.13. The Bertz CT molecular complexity index is 1420. The van der Waals surface area contributed by atoms with E-state index in [2.05, 4.69) is 14.8 Å². The summed E-state index contributed by atoms with van der Waals surface area (Å²) in [7, 11) is -2.73. The quantitative estimate of drug-likeness (QED) is 0.470. The summed E-state index contributed by atoms with van der Waals surface area (Å²) in [5.41, 5.74) is 3.66. The van der Waals surface area contributed by atoms with Gasteiger partial charge in [-0.3, -0.25) is 4.72 Å². The second-order valence-electron chi connectivity index (χ2n) is 6.93. The molecule has 0 saturated heterocycles. The minimum absolute atomic E-state index is 0.0550. The number of hydrogen-bond acceptors (Lipinski definition) is 5. The van der Waals surface area contributed by atoms with Gasteiger partial charge in [0.2, 0.25) is 0 Å². The first-order valence-corrected chi connectivity index (χ1v) is 11.0. The van der Waals surface area contributed by atoms with Crippen molar-refractivity contribution in [1.82, 2.24) is 14.6 Å². The number of nitrogens with zero attached hydrogens (tertiary/aromatic N) is 3. The molecule has 0 radical (unpaired) electrons. The lowest BCUT2D eigenvalue weighted by molar-refractivity contribution is 0.403. The van der Waals surface area contributed by atoms with Crippen LogP contribution in [0.2, 0.25) is 5.02 Å². The van der Waals surface area contributed by atoms with Gasteiger partial charge < -0.3 is 4.74 Å². The zero-order chi connectivity index (χ0) is 22.3. The van der Waals surface area contributed by atoms with Crippen molar-refractivity contribution in [3.05, 3.63) is 70.9 Å². The molecule has 7 nitrogen and oxygen atoms in total. The molecule has 4 aromatic rings. The third-order valence-corrected chi connectivity index (χ3v) is 6.42. The number of nitrogens with one attached hydrogen (secondary N) is 1. The normalized spacial score (nSPS) is 11.6. The Kier molecular flexibility index (Phi) is 5.32. The molecule has 31 heavy (non-hydrogen) atoms. The first-order valence-electron chi connectivity index (χ1n) is 9.18. The number of rotatable bonds is 5. The molecule has 0 aliphatic rings. The number of ether oxygens (including phenoxy) is 1. The molecule has 1 N–H and O–H groups in total. The molecule has 0 fully saturated rings. The van der Waals surface area contributed by atoms with Crippen molar-refractivity contribution in [2.75, 3.05) is 11.8 Å². The Morgan fingerprint density at radius 1 is 1.13 bits per heavy atom. The van der Waals surface area contributed by atoms with Gasteiger partial charge in [-0.25, -0.2) is 22.3 Å². The highest BCUT2D eigenvalue weighted by Crippen LogP contribution is 2.34. The standard InChI is InChI=1S/C21H18ClFN4O3S/c1-12-8-13(2)27-21(25-12)16(11-24-27)14-4-7-19(30-3)20(9-14)31(28,29)26-18-6-5-15(23)10-17(18)22/h4-11,26H,1-3H3. The lowest BCUT2D eigenvalue weighted by atomic mass is 10.1. The van der Waals surface area contributed by atoms with Crippen molar-refractivity contribution in [2.24, 2.45) is 0 Å². The molecule has 0 spiro atoms. The van der Waals surface area contributed by atoms with E-state index in [1.54, 1.807) is 22.8 Å². The average molecular weight is 461 g/mol. The SMILES string of the molecule is COc1ccc(-c2cnn3c(C)cc(C)nc23)cc1S(=O)(=O)Nc1ccc(F)cc1Cl. The van der Waals surface area contributed by atoms with E-state index in [4.69, 9.17) is 16.3 Å². The van der Waals surface area contributed by atoms with E-state index in [9.17, 15) is 12.8 Å². The molecule has 2 aromatic carbocycles. The Morgan fingerprint density at radius 3 is 2.61 bits per heavy atom. The Labute approximate surface area is 183 Å². The van der Waals surface area contributed by atoms with E-state index in [1.807, 2.05) is 19.9 Å². The van der Waals surface area contributed by atoms with Gasteiger partial charge in [-0.05, 0) is 55.8 Å². The summed E-state index contributed by atoms with van der Waals surface area (Å²) >= 11 is 5.99. The number of aromatic nitrogens is 3. The smallest absolute Gasteiger partial charge is 0.265 e. The van der Waals surface area contributed by atoms with Crippen LogP contribution >= 0.6 is 11.6 Å². The largest absolute Gasteiger partial charge is 0.495 e. The van der Waals surface area contributed by atoms with Crippen LogP contribution in [0, 0.1) is 19.7 Å². The maximum Gasteiger partial charge on any atom is 0.265 e. The molecule has 0 bridgehead atoms. The molecule has 0 unspecified atom stereocenters. The van der Waals surface area contributed by atoms with Gasteiger partial charge in [0.05, 0.1) is 24.0 Å². The van der Waals surface area contributed by atoms with E-state index < -0.39 is 15.8 Å². The molecule has 0 amide bonds. The second-order valence-corrected chi connectivity index (χ2v) is 8.99. The number of aryl methyl sites for hydroxylation is 2. The fourth-order valence-electron chi connectivity index (χ4n) is 3.30. The molecule has 0 aliphatic heterocycles. The lowest BCUT2D eigenvalue weighted by Gasteiger charge is -2.14. The van der Waals surface area contributed by atoms with Gasteiger partial charge in [0, 0.05) is 17.0 Å². The van der Waals surface area contributed by atoms with Crippen LogP contribution in [0.4, 0.5) is 10.1 Å². The Hall–Kier alpha value is -3.17. The second kappa shape index (κ2) is 7.82. The van der Waals surface area contributed by atoms with Crippen LogP contribution in [-0.4, -0.2) is 30.1 Å². The number of anilines is 1. The van der Waals surface area contributed by atoms with Gasteiger partial charge >= 0.3 is 0 Å². The summed E-state index contributed by atoms with van der Waals surface area (Å²) < 4.78 is 48.9. The minimum Gasteiger partial charge on any atom is -0.495 e. The first-order chi connectivity index (χ1) is 14.7. The summed E-state index contributed by atoms with van der Waals surface area (Å²) in [6.07, 6.45) is 1.64. The zero-order valence-electron chi connectivity index (χ0n) is 16.8. The van der Waals surface area contributed by atoms with E-state index in [0.29, 0.717) is 16.8 Å². The topological polar surface area (TPSA) is 85.6 Å². The number of halogens is 2. The number of benzene rings is 2. The van der Waals surface area contributed by atoms with Crippen LogP contribution in [-0.2, 0) is 10.0 Å². The predicted molar refractivity (Wildman–Crippen MR) is 117 cm³/mol. The number of methoxy groups -OCH3 is 1. The van der Waals surface area contributed by atoms with E-state index >= 15 is 0 Å². The van der Waals surface area contributed by atoms with Gasteiger partial charge in [0.15, 0.2) is 5.65 Å². The van der Waals surface area contributed by atoms with Crippen molar-refractivity contribution in [1.29, 1.82) is 0 Å². The predicted octanol–water partition coefficient (Wildman–Crippen LogP) is 4.62. The maximum atomic E-state index is 13.3. The maximum absolute atomic E-state index is 13.3. The summed E-state index contributed by atoms with van der Waals surface area (Å²) in [6.45, 7) is 3.79. The molecule has 160 valence electrons. The molecule has 2 aromatic heterocycles. The lowest BCUT2D eigenvalue weighted by Crippen LogP contribution is -2.14. The van der Waals surface area contributed by atoms with Crippen molar-refractivity contribution < 1.29 is 17.5 Å². The third kappa shape index (κ3) is 3.94. The molecule has 0 atom stereocenters. The molecular weight excluding hydrogens is 443 g/mol. The van der Waals surface area contributed by atoms with Gasteiger partial charge in [-0.1, -0.05) is 17.7 Å². The fourth-order valence-corrected chi connectivity index (χ4v) is 4.85. The van der Waals surface area contributed by atoms with Crippen LogP contribution in [0.1, 0.15) is 11.4 Å². The molecule has 0 saturated carbocycles. The highest BCUT2D eigenvalue weighted by Gasteiger charge is 2.23. The monoisotopic (exact) mass is 460 g/mol. The summed E-state index contributed by atoms with van der Waals surface area (Å²) in [4.78, 5) is 4.45. The van der Waals surface area contributed by atoms with Crippen LogP contribution in [0.25, 0.3) is 16.8 Å². The molecule has 10 heteroatoms. The van der Waals surface area contributed by atoms with Crippen molar-refractivity contribution in [2.45, 2.75) is 18.7 Å². The molecule has 2 heterocycles. The van der Waals surface area contributed by atoms with Gasteiger partial charge in [0.1, 0.15) is 16.5 Å². The summed E-state index contributed by atoms with van der Waals surface area (Å²) in [5, 5.41) is 4.30. The van der Waals surface area contributed by atoms with Gasteiger partial charge in [-0.15, -0.1) is 0 Å². The summed E-state index contributed by atoms with van der Waals surface area (Å²) in [6, 6.07) is 10.1. The van der Waals surface area contributed by atoms with Crippen LogP contribution in [0.5, 0.6) is 5.75 Å². The Balaban J connectivity index is 1.83. The number of fused-ring (bicyclic) bond motifs is 1. The van der Waals surface area contributed by atoms with Crippen LogP contribution in [0.15, 0.2) is 53.6 Å². The van der Waals surface area contributed by atoms with E-state index in [0.717, 1.165) is 23.5 Å². The van der Waals surface area contributed by atoms with Gasteiger partial charge in [-0.2, -0.15) is 5.10 Å². The van der Waals surface area contributed by atoms with Crippen molar-refractivity contribution in [3.63, 3.8) is 0 Å². The third-order valence-electron chi connectivity index (χ3n) is 4.72. The first kappa shape index (κ1) is 21.1. The number of hydrogen-bond donors (Lipinski definition) is 1. The molecule has 0 aliphatic carbocycles. The van der Waals surface area contributed by atoms with Crippen LogP contribution in [0.3, 0.4) is 0 Å². The fraction of sp³-hybridized carbons (Fsp3) is 0.143. The van der Waals surface area contributed by atoms with E-state index in [-0.39, 0.29) is 21.4 Å². The highest BCUT2D eigenvalue weighted by atomic mass is 35.5. The Morgan fingerprint density at radius 2 is 1.90 bits per heavy atom. The van der Waals surface area contributed by atoms with Crippen molar-refractivity contribution >= 4 is 33.0 Å².